The third-order valence-corrected chi connectivity index (χ3v) is 6.96. The van der Waals surface area contributed by atoms with Gasteiger partial charge in [-0.15, -0.1) is 11.8 Å². The van der Waals surface area contributed by atoms with Crippen LogP contribution in [-0.2, 0) is 9.53 Å². The minimum absolute atomic E-state index is 0.169. The van der Waals surface area contributed by atoms with Gasteiger partial charge in [0.2, 0.25) is 0 Å². The average molecular weight is 451 g/mol. The molecular formula is C24H22N2O3S2. The number of ether oxygens (including phenoxy) is 1. The van der Waals surface area contributed by atoms with Crippen LogP contribution in [0.3, 0.4) is 0 Å². The van der Waals surface area contributed by atoms with E-state index < -0.39 is 12.0 Å². The van der Waals surface area contributed by atoms with Crippen LogP contribution in [0.5, 0.6) is 0 Å². The lowest BCUT2D eigenvalue weighted by Crippen LogP contribution is -2.39. The van der Waals surface area contributed by atoms with E-state index in [1.807, 2.05) is 67.8 Å². The number of fused-ring (bicyclic) bond motifs is 1. The van der Waals surface area contributed by atoms with E-state index in [1.54, 1.807) is 23.3 Å². The maximum atomic E-state index is 13.5. The van der Waals surface area contributed by atoms with Gasteiger partial charge in [0, 0.05) is 4.90 Å². The highest BCUT2D eigenvalue weighted by atomic mass is 32.2. The van der Waals surface area contributed by atoms with E-state index in [9.17, 15) is 9.59 Å². The van der Waals surface area contributed by atoms with Crippen LogP contribution in [0, 0.1) is 6.92 Å². The van der Waals surface area contributed by atoms with Crippen molar-refractivity contribution in [3.05, 3.63) is 96.2 Å². The number of thiazole rings is 1. The van der Waals surface area contributed by atoms with Crippen LogP contribution in [-0.4, -0.2) is 23.9 Å². The summed E-state index contributed by atoms with van der Waals surface area (Å²) in [6, 6.07) is 15.3. The zero-order valence-corrected chi connectivity index (χ0v) is 19.3. The lowest BCUT2D eigenvalue weighted by Gasteiger charge is -2.24. The smallest absolute Gasteiger partial charge is 0.338 e. The summed E-state index contributed by atoms with van der Waals surface area (Å²) < 4.78 is 7.23. The van der Waals surface area contributed by atoms with Gasteiger partial charge in [0.15, 0.2) is 4.80 Å². The summed E-state index contributed by atoms with van der Waals surface area (Å²) in [5, 5.41) is 0. The molecule has 2 aromatic carbocycles. The molecule has 0 radical (unpaired) electrons. The largest absolute Gasteiger partial charge is 0.466 e. The number of nitrogens with zero attached hydrogens (tertiary/aromatic N) is 2. The first-order valence-corrected chi connectivity index (χ1v) is 11.8. The molecule has 7 heteroatoms. The molecule has 5 nitrogen and oxygen atoms in total. The number of hydrogen-bond donors (Lipinski definition) is 0. The first-order valence-electron chi connectivity index (χ1n) is 9.74. The van der Waals surface area contributed by atoms with Gasteiger partial charge in [0.05, 0.1) is 29.0 Å². The Labute approximate surface area is 188 Å². The third kappa shape index (κ3) is 4.03. The van der Waals surface area contributed by atoms with Gasteiger partial charge in [-0.05, 0) is 49.4 Å². The summed E-state index contributed by atoms with van der Waals surface area (Å²) in [5.41, 5.74) is 3.72. The minimum atomic E-state index is -0.584. The van der Waals surface area contributed by atoms with Gasteiger partial charge in [0.1, 0.15) is 0 Å². The fourth-order valence-corrected chi connectivity index (χ4v) is 5.06. The molecule has 158 valence electrons. The second-order valence-corrected chi connectivity index (χ2v) is 9.15. The maximum Gasteiger partial charge on any atom is 0.338 e. The second-order valence-electron chi connectivity index (χ2n) is 7.26. The van der Waals surface area contributed by atoms with Crippen LogP contribution in [0.4, 0.5) is 0 Å². The van der Waals surface area contributed by atoms with E-state index in [2.05, 4.69) is 4.99 Å². The number of carbonyl (C=O) groups excluding carboxylic acids is 1. The minimum Gasteiger partial charge on any atom is -0.466 e. The van der Waals surface area contributed by atoms with Crippen LogP contribution in [0.25, 0.3) is 6.08 Å². The number of aryl methyl sites for hydroxylation is 1. The van der Waals surface area contributed by atoms with Gasteiger partial charge in [-0.2, -0.15) is 0 Å². The highest BCUT2D eigenvalue weighted by molar-refractivity contribution is 7.98. The van der Waals surface area contributed by atoms with Crippen molar-refractivity contribution in [3.8, 4) is 0 Å². The second kappa shape index (κ2) is 8.69. The van der Waals surface area contributed by atoms with Crippen LogP contribution in [0.2, 0.25) is 0 Å². The van der Waals surface area contributed by atoms with Crippen molar-refractivity contribution < 1.29 is 9.53 Å². The normalized spacial score (nSPS) is 16.1. The maximum absolute atomic E-state index is 13.5. The molecule has 1 atom stereocenters. The summed E-state index contributed by atoms with van der Waals surface area (Å²) in [4.78, 5) is 32.4. The molecule has 31 heavy (non-hydrogen) atoms. The molecule has 0 unspecified atom stereocenters. The van der Waals surface area contributed by atoms with Gasteiger partial charge in [-0.3, -0.25) is 9.36 Å². The Balaban J connectivity index is 1.94. The van der Waals surface area contributed by atoms with E-state index in [0.717, 1.165) is 21.6 Å². The summed E-state index contributed by atoms with van der Waals surface area (Å²) in [7, 11) is 1.35. The van der Waals surface area contributed by atoms with E-state index in [0.29, 0.717) is 20.6 Å². The fraction of sp³-hybridized carbons (Fsp3) is 0.208. The van der Waals surface area contributed by atoms with Gasteiger partial charge in [-0.25, -0.2) is 9.79 Å². The van der Waals surface area contributed by atoms with Gasteiger partial charge >= 0.3 is 5.97 Å². The molecule has 1 aliphatic heterocycles. The van der Waals surface area contributed by atoms with E-state index in [4.69, 9.17) is 4.74 Å². The lowest BCUT2D eigenvalue weighted by molar-refractivity contribution is -0.136. The number of allylic oxidation sites excluding steroid dienone is 1. The first-order chi connectivity index (χ1) is 14.9. The van der Waals surface area contributed by atoms with Crippen molar-refractivity contribution in [1.82, 2.24) is 4.57 Å². The molecule has 1 aliphatic rings. The fourth-order valence-electron chi connectivity index (χ4n) is 3.61. The summed E-state index contributed by atoms with van der Waals surface area (Å²) in [6.45, 7) is 3.81. The van der Waals surface area contributed by atoms with Gasteiger partial charge in [0.25, 0.3) is 5.56 Å². The van der Waals surface area contributed by atoms with Crippen molar-refractivity contribution in [2.75, 3.05) is 13.4 Å². The van der Waals surface area contributed by atoms with Crippen LogP contribution < -0.4 is 14.9 Å². The van der Waals surface area contributed by atoms with Crippen molar-refractivity contribution in [3.63, 3.8) is 0 Å². The molecule has 1 aromatic heterocycles. The first kappa shape index (κ1) is 21.3. The number of thioether (sulfide) groups is 1. The molecule has 0 amide bonds. The Morgan fingerprint density at radius 1 is 1.13 bits per heavy atom. The molecule has 0 saturated heterocycles. The van der Waals surface area contributed by atoms with Crippen molar-refractivity contribution >= 4 is 35.1 Å². The SMILES string of the molecule is COC(=O)C1=C(C)N=c2s/c(=C/c3ccc(C)cc3)c(=O)n2[C@@H]1c1ccc(SC)cc1. The Morgan fingerprint density at radius 3 is 2.42 bits per heavy atom. The lowest BCUT2D eigenvalue weighted by atomic mass is 9.96. The molecule has 4 rings (SSSR count). The summed E-state index contributed by atoms with van der Waals surface area (Å²) >= 11 is 2.97. The van der Waals surface area contributed by atoms with Gasteiger partial charge in [-0.1, -0.05) is 53.3 Å². The molecule has 0 saturated carbocycles. The summed E-state index contributed by atoms with van der Waals surface area (Å²) in [5.74, 6) is -0.479. The Hall–Kier alpha value is -2.90. The van der Waals surface area contributed by atoms with Crippen molar-refractivity contribution in [2.24, 2.45) is 4.99 Å². The zero-order chi connectivity index (χ0) is 22.1. The van der Waals surface area contributed by atoms with Crippen LogP contribution >= 0.6 is 23.1 Å². The molecule has 3 aromatic rings. The van der Waals surface area contributed by atoms with E-state index in [-0.39, 0.29) is 5.56 Å². The highest BCUT2D eigenvalue weighted by Crippen LogP contribution is 2.31. The van der Waals surface area contributed by atoms with E-state index in [1.165, 1.54) is 18.4 Å². The Bertz CT molecular complexity index is 1350. The summed E-state index contributed by atoms with van der Waals surface area (Å²) in [6.07, 6.45) is 3.88. The quantitative estimate of drug-likeness (QED) is 0.451. The Morgan fingerprint density at radius 2 is 1.81 bits per heavy atom. The molecule has 0 fully saturated rings. The number of aromatic nitrogens is 1. The predicted octanol–water partition coefficient (Wildman–Crippen LogP) is 3.44. The third-order valence-electron chi connectivity index (χ3n) is 5.23. The topological polar surface area (TPSA) is 60.7 Å². The van der Waals surface area contributed by atoms with Crippen molar-refractivity contribution in [1.29, 1.82) is 0 Å². The molecule has 0 aliphatic carbocycles. The Kier molecular flexibility index (Phi) is 5.98. The number of carbonyl (C=O) groups is 1. The molecule has 0 spiro atoms. The average Bonchev–Trinajstić information content (AvgIpc) is 3.08. The number of benzene rings is 2. The highest BCUT2D eigenvalue weighted by Gasteiger charge is 2.33. The molecule has 2 heterocycles. The number of esters is 1. The molecule has 0 N–H and O–H groups in total. The van der Waals surface area contributed by atoms with Crippen molar-refractivity contribution in [2.45, 2.75) is 24.8 Å². The number of hydrogen-bond acceptors (Lipinski definition) is 6. The van der Waals surface area contributed by atoms with E-state index >= 15 is 0 Å². The monoisotopic (exact) mass is 450 g/mol. The predicted molar refractivity (Wildman–Crippen MR) is 125 cm³/mol. The van der Waals surface area contributed by atoms with Crippen LogP contribution in [0.1, 0.15) is 29.7 Å². The number of rotatable bonds is 4. The van der Waals surface area contributed by atoms with Crippen LogP contribution in [0.15, 0.2) is 74.5 Å². The number of methoxy groups -OCH3 is 1. The molecule has 0 bridgehead atoms. The zero-order valence-electron chi connectivity index (χ0n) is 17.7. The van der Waals surface area contributed by atoms with Gasteiger partial charge < -0.3 is 4.74 Å². The standard InChI is InChI=1S/C24H22N2O3S2/c1-14-5-7-16(8-6-14)13-19-22(27)26-21(17-9-11-18(30-4)12-10-17)20(23(28)29-3)15(2)25-24(26)31-19/h5-13,21H,1-4H3/b19-13+/t21-/m1/s1. The molecular weight excluding hydrogens is 428 g/mol.